The summed E-state index contributed by atoms with van der Waals surface area (Å²) in [4.78, 5) is 21.8. The van der Waals surface area contributed by atoms with Gasteiger partial charge in [-0.15, -0.1) is 0 Å². The Labute approximate surface area is 167 Å². The third kappa shape index (κ3) is 4.43. The molecule has 0 radical (unpaired) electrons. The summed E-state index contributed by atoms with van der Waals surface area (Å²) in [7, 11) is 1.93. The maximum absolute atomic E-state index is 12.3. The van der Waals surface area contributed by atoms with E-state index in [2.05, 4.69) is 26.1 Å². The van der Waals surface area contributed by atoms with E-state index in [1.807, 2.05) is 48.3 Å². The van der Waals surface area contributed by atoms with Gasteiger partial charge in [0.1, 0.15) is 0 Å². The van der Waals surface area contributed by atoms with Crippen LogP contribution in [0.25, 0.3) is 6.08 Å². The van der Waals surface area contributed by atoms with Crippen molar-refractivity contribution in [2.45, 2.75) is 6.54 Å². The molecule has 27 heavy (non-hydrogen) atoms. The molecule has 1 saturated heterocycles. The number of hydrogen-bond acceptors (Lipinski definition) is 5. The van der Waals surface area contributed by atoms with Crippen molar-refractivity contribution in [3.05, 3.63) is 57.7 Å². The van der Waals surface area contributed by atoms with Gasteiger partial charge in [0.25, 0.3) is 5.91 Å². The number of benzene rings is 1. The van der Waals surface area contributed by atoms with E-state index in [4.69, 9.17) is 11.6 Å². The molecule has 1 aromatic heterocycles. The molecule has 0 unspecified atom stereocenters. The number of carbonyl (C=O) groups is 1. The van der Waals surface area contributed by atoms with Crippen molar-refractivity contribution in [1.82, 2.24) is 19.6 Å². The molecule has 8 heteroatoms. The van der Waals surface area contributed by atoms with Crippen LogP contribution in [0.1, 0.15) is 11.1 Å². The van der Waals surface area contributed by atoms with E-state index in [9.17, 15) is 4.79 Å². The number of amides is 1. The maximum Gasteiger partial charge on any atom is 0.286 e. The van der Waals surface area contributed by atoms with Gasteiger partial charge in [0, 0.05) is 56.6 Å². The third-order valence-corrected chi connectivity index (χ3v) is 5.88. The molecule has 0 atom stereocenters. The van der Waals surface area contributed by atoms with Gasteiger partial charge >= 0.3 is 0 Å². The minimum atomic E-state index is -0.164. The molecule has 0 bridgehead atoms. The van der Waals surface area contributed by atoms with Crippen molar-refractivity contribution in [3.63, 3.8) is 0 Å². The predicted octanol–water partition coefficient (Wildman–Crippen LogP) is 2.86. The Kier molecular flexibility index (Phi) is 5.33. The van der Waals surface area contributed by atoms with Crippen molar-refractivity contribution < 1.29 is 4.79 Å². The molecule has 2 aromatic rings. The molecule has 0 aliphatic carbocycles. The summed E-state index contributed by atoms with van der Waals surface area (Å²) < 4.78 is 1.83. The number of thioether (sulfide) groups is 1. The van der Waals surface area contributed by atoms with Crippen LogP contribution in [0.2, 0.25) is 5.02 Å². The number of halogens is 1. The van der Waals surface area contributed by atoms with Gasteiger partial charge in [-0.3, -0.25) is 14.4 Å². The first kappa shape index (κ1) is 18.3. The van der Waals surface area contributed by atoms with Crippen LogP contribution in [0.15, 0.2) is 46.6 Å². The first-order valence-electron chi connectivity index (χ1n) is 8.80. The lowest BCUT2D eigenvalue weighted by atomic mass is 10.2. The average molecular weight is 402 g/mol. The summed E-state index contributed by atoms with van der Waals surface area (Å²) in [5, 5.41) is 5.71. The van der Waals surface area contributed by atoms with Gasteiger partial charge in [0.2, 0.25) is 0 Å². The summed E-state index contributed by atoms with van der Waals surface area (Å²) in [6.07, 6.45) is 5.84. The van der Waals surface area contributed by atoms with Crippen LogP contribution < -0.4 is 0 Å². The van der Waals surface area contributed by atoms with Gasteiger partial charge in [-0.2, -0.15) is 10.1 Å². The lowest BCUT2D eigenvalue weighted by molar-refractivity contribution is -0.113. The van der Waals surface area contributed by atoms with Crippen LogP contribution in [0, 0.1) is 0 Å². The molecule has 2 aliphatic heterocycles. The smallest absolute Gasteiger partial charge is 0.286 e. The molecule has 1 amide bonds. The van der Waals surface area contributed by atoms with Gasteiger partial charge in [-0.25, -0.2) is 0 Å². The number of aromatic nitrogens is 2. The minimum absolute atomic E-state index is 0.164. The summed E-state index contributed by atoms with van der Waals surface area (Å²) in [5.41, 5.74) is 2.18. The lowest BCUT2D eigenvalue weighted by Gasteiger charge is -2.35. The first-order chi connectivity index (χ1) is 13.1. The zero-order chi connectivity index (χ0) is 18.8. The summed E-state index contributed by atoms with van der Waals surface area (Å²) in [5.74, 6) is -0.164. The van der Waals surface area contributed by atoms with Gasteiger partial charge in [0.15, 0.2) is 5.17 Å². The van der Waals surface area contributed by atoms with E-state index in [0.29, 0.717) is 9.93 Å². The molecule has 2 aliphatic rings. The number of amidine groups is 1. The average Bonchev–Trinajstić information content (AvgIpc) is 3.23. The quantitative estimate of drug-likeness (QED) is 0.740. The second-order valence-electron chi connectivity index (χ2n) is 6.65. The second kappa shape index (κ2) is 7.88. The molecule has 1 aromatic carbocycles. The van der Waals surface area contributed by atoms with Crippen molar-refractivity contribution in [1.29, 1.82) is 0 Å². The zero-order valence-electron chi connectivity index (χ0n) is 15.0. The van der Waals surface area contributed by atoms with Gasteiger partial charge in [-0.05, 0) is 35.5 Å². The van der Waals surface area contributed by atoms with Crippen LogP contribution in [0.3, 0.4) is 0 Å². The van der Waals surface area contributed by atoms with Gasteiger partial charge in [0.05, 0.1) is 11.1 Å². The lowest BCUT2D eigenvalue weighted by Crippen LogP contribution is -2.47. The Bertz CT molecular complexity index is 897. The summed E-state index contributed by atoms with van der Waals surface area (Å²) in [6.45, 7) is 4.53. The molecule has 4 rings (SSSR count). The number of aryl methyl sites for hydroxylation is 1. The number of piperazine rings is 1. The number of aliphatic imine (C=N–C) groups is 1. The van der Waals surface area contributed by atoms with Crippen LogP contribution in [-0.2, 0) is 18.4 Å². The highest BCUT2D eigenvalue weighted by Gasteiger charge is 2.28. The normalized spacial score (nSPS) is 19.8. The van der Waals surface area contributed by atoms with Crippen molar-refractivity contribution in [3.8, 4) is 0 Å². The third-order valence-electron chi connectivity index (χ3n) is 4.58. The Morgan fingerprint density at radius 3 is 2.59 bits per heavy atom. The highest BCUT2D eigenvalue weighted by Crippen LogP contribution is 2.31. The van der Waals surface area contributed by atoms with Crippen LogP contribution in [-0.4, -0.2) is 56.8 Å². The summed E-state index contributed by atoms with van der Waals surface area (Å²) in [6, 6.07) is 7.44. The number of carbonyl (C=O) groups excluding carboxylic acids is 1. The highest BCUT2D eigenvalue weighted by atomic mass is 35.5. The van der Waals surface area contributed by atoms with E-state index < -0.39 is 0 Å². The second-order valence-corrected chi connectivity index (χ2v) is 8.09. The molecule has 0 N–H and O–H groups in total. The molecule has 1 fully saturated rings. The monoisotopic (exact) mass is 401 g/mol. The molecule has 0 spiro atoms. The SMILES string of the molecule is Cn1cc(CN2CCN(C3=NC(=O)/C(=C/c4ccc(Cl)cc4)S3)CC2)cn1. The fourth-order valence-corrected chi connectivity index (χ4v) is 4.24. The Morgan fingerprint density at radius 1 is 1.19 bits per heavy atom. The van der Waals surface area contributed by atoms with Gasteiger partial charge in [-0.1, -0.05) is 23.7 Å². The van der Waals surface area contributed by atoms with Gasteiger partial charge < -0.3 is 4.90 Å². The number of nitrogens with zero attached hydrogens (tertiary/aromatic N) is 5. The number of rotatable bonds is 3. The Balaban J connectivity index is 1.34. The van der Waals surface area contributed by atoms with E-state index in [0.717, 1.165) is 43.5 Å². The molecular weight excluding hydrogens is 382 g/mol. The van der Waals surface area contributed by atoms with Crippen LogP contribution >= 0.6 is 23.4 Å². The number of hydrogen-bond donors (Lipinski definition) is 0. The van der Waals surface area contributed by atoms with E-state index in [1.165, 1.54) is 17.3 Å². The molecule has 140 valence electrons. The molecule has 6 nitrogen and oxygen atoms in total. The summed E-state index contributed by atoms with van der Waals surface area (Å²) >= 11 is 7.37. The topological polar surface area (TPSA) is 53.7 Å². The fraction of sp³-hybridized carbons (Fsp3) is 0.316. The first-order valence-corrected chi connectivity index (χ1v) is 9.99. The minimum Gasteiger partial charge on any atom is -0.348 e. The molecule has 0 saturated carbocycles. The van der Waals surface area contributed by atoms with E-state index in [1.54, 1.807) is 0 Å². The fourth-order valence-electron chi connectivity index (χ4n) is 3.15. The highest BCUT2D eigenvalue weighted by molar-refractivity contribution is 8.18. The van der Waals surface area contributed by atoms with Crippen LogP contribution in [0.5, 0.6) is 0 Å². The Hall–Kier alpha value is -2.09. The van der Waals surface area contributed by atoms with Crippen molar-refractivity contribution >= 4 is 40.5 Å². The molecule has 3 heterocycles. The zero-order valence-corrected chi connectivity index (χ0v) is 16.6. The maximum atomic E-state index is 12.3. The standard InChI is InChI=1S/C19H20ClN5OS/c1-23-12-15(11-21-23)13-24-6-8-25(9-7-24)19-22-18(26)17(27-19)10-14-2-4-16(20)5-3-14/h2-5,10-12H,6-9,13H2,1H3/b17-10-. The predicted molar refractivity (Wildman–Crippen MR) is 110 cm³/mol. The largest absolute Gasteiger partial charge is 0.348 e. The van der Waals surface area contributed by atoms with Crippen molar-refractivity contribution in [2.24, 2.45) is 12.0 Å². The van der Waals surface area contributed by atoms with E-state index >= 15 is 0 Å². The van der Waals surface area contributed by atoms with Crippen LogP contribution in [0.4, 0.5) is 0 Å². The van der Waals surface area contributed by atoms with E-state index in [-0.39, 0.29) is 5.91 Å². The Morgan fingerprint density at radius 2 is 1.93 bits per heavy atom. The van der Waals surface area contributed by atoms with Crippen molar-refractivity contribution in [2.75, 3.05) is 26.2 Å². The molecular formula is C19H20ClN5OS.